The van der Waals surface area contributed by atoms with Gasteiger partial charge in [0.1, 0.15) is 11.6 Å². The standard InChI is InChI=1S/C19H25FN2O4/c1-14(26-17-4-2-3-16(20)13-17)18(23)21-7-5-15(6-8-21)19(24)22-9-11-25-12-10-22/h2-4,13-15H,5-12H2,1H3. The van der Waals surface area contributed by atoms with Crippen molar-refractivity contribution in [1.29, 1.82) is 0 Å². The highest BCUT2D eigenvalue weighted by molar-refractivity contribution is 5.82. The summed E-state index contributed by atoms with van der Waals surface area (Å²) in [5, 5.41) is 0. The molecule has 6 nitrogen and oxygen atoms in total. The number of ether oxygens (including phenoxy) is 2. The van der Waals surface area contributed by atoms with E-state index in [-0.39, 0.29) is 17.7 Å². The normalized spacial score (nSPS) is 19.9. The molecule has 142 valence electrons. The molecule has 26 heavy (non-hydrogen) atoms. The highest BCUT2D eigenvalue weighted by Crippen LogP contribution is 2.22. The minimum Gasteiger partial charge on any atom is -0.481 e. The Morgan fingerprint density at radius 2 is 1.85 bits per heavy atom. The van der Waals surface area contributed by atoms with Crippen LogP contribution in [0.2, 0.25) is 0 Å². The number of rotatable bonds is 4. The van der Waals surface area contributed by atoms with Gasteiger partial charge in [-0.2, -0.15) is 0 Å². The molecule has 0 radical (unpaired) electrons. The number of piperidine rings is 1. The lowest BCUT2D eigenvalue weighted by Crippen LogP contribution is -2.49. The number of carbonyl (C=O) groups is 2. The van der Waals surface area contributed by atoms with Crippen LogP contribution in [0.4, 0.5) is 4.39 Å². The minimum absolute atomic E-state index is 0.0309. The molecule has 7 heteroatoms. The van der Waals surface area contributed by atoms with Gasteiger partial charge in [0.25, 0.3) is 5.91 Å². The van der Waals surface area contributed by atoms with E-state index < -0.39 is 11.9 Å². The van der Waals surface area contributed by atoms with E-state index >= 15 is 0 Å². The molecular formula is C19H25FN2O4. The van der Waals surface area contributed by atoms with Crippen LogP contribution in [0.5, 0.6) is 5.75 Å². The summed E-state index contributed by atoms with van der Waals surface area (Å²) in [6.07, 6.45) is 0.631. The summed E-state index contributed by atoms with van der Waals surface area (Å²) >= 11 is 0. The van der Waals surface area contributed by atoms with E-state index in [0.29, 0.717) is 58.0 Å². The number of amides is 2. The van der Waals surface area contributed by atoms with Crippen LogP contribution in [0.15, 0.2) is 24.3 Å². The van der Waals surface area contributed by atoms with Crippen LogP contribution in [-0.4, -0.2) is 67.1 Å². The Morgan fingerprint density at radius 3 is 2.50 bits per heavy atom. The Kier molecular flexibility index (Phi) is 6.08. The second-order valence-corrected chi connectivity index (χ2v) is 6.75. The smallest absolute Gasteiger partial charge is 0.263 e. The predicted molar refractivity (Wildman–Crippen MR) is 93.2 cm³/mol. The average molecular weight is 364 g/mol. The van der Waals surface area contributed by atoms with Crippen LogP contribution < -0.4 is 4.74 Å². The molecular weight excluding hydrogens is 339 g/mol. The third kappa shape index (κ3) is 4.52. The second-order valence-electron chi connectivity index (χ2n) is 6.75. The molecule has 1 aromatic carbocycles. The Balaban J connectivity index is 1.49. The van der Waals surface area contributed by atoms with Crippen molar-refractivity contribution in [3.63, 3.8) is 0 Å². The monoisotopic (exact) mass is 364 g/mol. The quantitative estimate of drug-likeness (QED) is 0.816. The van der Waals surface area contributed by atoms with E-state index in [1.54, 1.807) is 24.0 Å². The molecule has 2 heterocycles. The van der Waals surface area contributed by atoms with Crippen molar-refractivity contribution >= 4 is 11.8 Å². The molecule has 0 bridgehead atoms. The molecule has 2 amide bonds. The SMILES string of the molecule is CC(Oc1cccc(F)c1)C(=O)N1CCC(C(=O)N2CCOCC2)CC1. The molecule has 2 fully saturated rings. The molecule has 1 unspecified atom stereocenters. The maximum atomic E-state index is 13.2. The Bertz CT molecular complexity index is 640. The number of carbonyl (C=O) groups excluding carboxylic acids is 2. The van der Waals surface area contributed by atoms with Crippen LogP contribution in [0.25, 0.3) is 0 Å². The molecule has 3 rings (SSSR count). The largest absolute Gasteiger partial charge is 0.481 e. The Morgan fingerprint density at radius 1 is 1.15 bits per heavy atom. The maximum Gasteiger partial charge on any atom is 0.263 e. The highest BCUT2D eigenvalue weighted by Gasteiger charge is 2.32. The van der Waals surface area contributed by atoms with Gasteiger partial charge in [0.15, 0.2) is 6.10 Å². The van der Waals surface area contributed by atoms with E-state index in [0.717, 1.165) is 0 Å². The maximum absolute atomic E-state index is 13.2. The van der Waals surface area contributed by atoms with Gasteiger partial charge in [-0.1, -0.05) is 6.07 Å². The summed E-state index contributed by atoms with van der Waals surface area (Å²) in [6, 6.07) is 5.76. The molecule has 0 aliphatic carbocycles. The molecule has 0 saturated carbocycles. The van der Waals surface area contributed by atoms with E-state index in [4.69, 9.17) is 9.47 Å². The van der Waals surface area contributed by atoms with E-state index in [1.807, 2.05) is 4.90 Å². The topological polar surface area (TPSA) is 59.1 Å². The second kappa shape index (κ2) is 8.49. The summed E-state index contributed by atoms with van der Waals surface area (Å²) in [4.78, 5) is 28.7. The van der Waals surface area contributed by atoms with Gasteiger partial charge in [0.05, 0.1) is 13.2 Å². The molecule has 2 aliphatic heterocycles. The minimum atomic E-state index is -0.691. The van der Waals surface area contributed by atoms with Gasteiger partial charge in [-0.25, -0.2) is 4.39 Å². The molecule has 0 N–H and O–H groups in total. The molecule has 1 atom stereocenters. The third-order valence-electron chi connectivity index (χ3n) is 4.94. The zero-order chi connectivity index (χ0) is 18.5. The number of likely N-dealkylation sites (tertiary alicyclic amines) is 1. The molecule has 2 saturated heterocycles. The molecule has 1 aromatic rings. The summed E-state index contributed by atoms with van der Waals surface area (Å²) in [5.41, 5.74) is 0. The zero-order valence-electron chi connectivity index (χ0n) is 15.0. The summed E-state index contributed by atoms with van der Waals surface area (Å²) in [6.45, 7) is 5.23. The van der Waals surface area contributed by atoms with Gasteiger partial charge in [-0.05, 0) is 31.9 Å². The van der Waals surface area contributed by atoms with Gasteiger partial charge in [0.2, 0.25) is 5.91 Å². The van der Waals surface area contributed by atoms with Gasteiger partial charge in [-0.15, -0.1) is 0 Å². The van der Waals surface area contributed by atoms with Crippen LogP contribution in [-0.2, 0) is 14.3 Å². The van der Waals surface area contributed by atoms with Crippen molar-refractivity contribution in [1.82, 2.24) is 9.80 Å². The summed E-state index contributed by atoms with van der Waals surface area (Å²) in [5.74, 6) is -0.0552. The van der Waals surface area contributed by atoms with Crippen LogP contribution >= 0.6 is 0 Å². The van der Waals surface area contributed by atoms with E-state index in [9.17, 15) is 14.0 Å². The van der Waals surface area contributed by atoms with Crippen LogP contribution in [0, 0.1) is 11.7 Å². The van der Waals surface area contributed by atoms with Gasteiger partial charge < -0.3 is 19.3 Å². The Hall–Kier alpha value is -2.15. The fraction of sp³-hybridized carbons (Fsp3) is 0.579. The van der Waals surface area contributed by atoms with Gasteiger partial charge in [-0.3, -0.25) is 9.59 Å². The number of benzene rings is 1. The van der Waals surface area contributed by atoms with Crippen molar-refractivity contribution < 1.29 is 23.5 Å². The first kappa shape index (κ1) is 18.6. The fourth-order valence-corrected chi connectivity index (χ4v) is 3.44. The van der Waals surface area contributed by atoms with Gasteiger partial charge in [0, 0.05) is 38.2 Å². The number of hydrogen-bond donors (Lipinski definition) is 0. The number of hydrogen-bond acceptors (Lipinski definition) is 4. The first-order valence-electron chi connectivity index (χ1n) is 9.12. The molecule has 0 spiro atoms. The van der Waals surface area contributed by atoms with Crippen molar-refractivity contribution in [2.45, 2.75) is 25.9 Å². The number of morpholine rings is 1. The van der Waals surface area contributed by atoms with E-state index in [1.165, 1.54) is 12.1 Å². The van der Waals surface area contributed by atoms with Crippen LogP contribution in [0.1, 0.15) is 19.8 Å². The molecule has 0 aromatic heterocycles. The Labute approximate surface area is 152 Å². The average Bonchev–Trinajstić information content (AvgIpc) is 2.67. The predicted octanol–water partition coefficient (Wildman–Crippen LogP) is 1.69. The van der Waals surface area contributed by atoms with Gasteiger partial charge >= 0.3 is 0 Å². The van der Waals surface area contributed by atoms with Crippen molar-refractivity contribution in [3.05, 3.63) is 30.1 Å². The van der Waals surface area contributed by atoms with Crippen LogP contribution in [0.3, 0.4) is 0 Å². The lowest BCUT2D eigenvalue weighted by Gasteiger charge is -2.36. The lowest BCUT2D eigenvalue weighted by molar-refractivity contribution is -0.145. The lowest BCUT2D eigenvalue weighted by atomic mass is 9.95. The fourth-order valence-electron chi connectivity index (χ4n) is 3.44. The number of nitrogens with zero attached hydrogens (tertiary/aromatic N) is 2. The first-order valence-corrected chi connectivity index (χ1v) is 9.12. The van der Waals surface area contributed by atoms with Crippen molar-refractivity contribution in [3.8, 4) is 5.75 Å². The summed E-state index contributed by atoms with van der Waals surface area (Å²) in [7, 11) is 0. The van der Waals surface area contributed by atoms with Crippen molar-refractivity contribution in [2.75, 3.05) is 39.4 Å². The summed E-state index contributed by atoms with van der Waals surface area (Å²) < 4.78 is 24.1. The highest BCUT2D eigenvalue weighted by atomic mass is 19.1. The van der Waals surface area contributed by atoms with E-state index in [2.05, 4.69) is 0 Å². The zero-order valence-corrected chi connectivity index (χ0v) is 15.0. The first-order chi connectivity index (χ1) is 12.5. The number of halogens is 1. The third-order valence-corrected chi connectivity index (χ3v) is 4.94. The molecule has 2 aliphatic rings. The van der Waals surface area contributed by atoms with Crippen molar-refractivity contribution in [2.24, 2.45) is 5.92 Å².